The van der Waals surface area contributed by atoms with E-state index in [0.717, 1.165) is 5.39 Å². The van der Waals surface area contributed by atoms with E-state index < -0.39 is 40.1 Å². The molecule has 1 fully saturated rings. The summed E-state index contributed by atoms with van der Waals surface area (Å²) >= 11 is 0. The van der Waals surface area contributed by atoms with Gasteiger partial charge >= 0.3 is 51.4 Å². The van der Waals surface area contributed by atoms with Gasteiger partial charge in [-0.2, -0.15) is 13.1 Å². The number of hydrogen-bond acceptors (Lipinski definition) is 7. The Balaban J connectivity index is 0.00000324. The summed E-state index contributed by atoms with van der Waals surface area (Å²) in [4.78, 5) is 25.5. The van der Waals surface area contributed by atoms with Crippen LogP contribution in [0.15, 0.2) is 47.7 Å². The number of β-lactam (4-membered cyclic amide) rings is 1. The number of aliphatic carboxylic acids is 1. The van der Waals surface area contributed by atoms with E-state index in [4.69, 9.17) is 9.88 Å². The molecule has 4 rings (SSSR count). The van der Waals surface area contributed by atoms with Crippen molar-refractivity contribution in [2.45, 2.75) is 32.5 Å². The molecule has 4 N–H and O–H groups in total. The van der Waals surface area contributed by atoms with Crippen molar-refractivity contribution in [3.05, 3.63) is 53.2 Å². The van der Waals surface area contributed by atoms with Gasteiger partial charge in [0.25, 0.3) is 10.2 Å². The van der Waals surface area contributed by atoms with Crippen LogP contribution in [0.25, 0.3) is 10.8 Å². The van der Waals surface area contributed by atoms with E-state index >= 15 is 0 Å². The molecule has 10 nitrogen and oxygen atoms in total. The van der Waals surface area contributed by atoms with Crippen molar-refractivity contribution in [3.8, 4) is 5.75 Å². The van der Waals surface area contributed by atoms with Crippen molar-refractivity contribution in [3.63, 3.8) is 0 Å². The summed E-state index contributed by atoms with van der Waals surface area (Å²) in [6, 6.07) is 10.1. The van der Waals surface area contributed by atoms with E-state index in [-0.39, 0.29) is 76.2 Å². The topological polar surface area (TPSA) is 162 Å². The summed E-state index contributed by atoms with van der Waals surface area (Å²) in [7, 11) is -3.86. The van der Waals surface area contributed by atoms with Gasteiger partial charge in [0.2, 0.25) is 5.91 Å². The molecule has 2 aliphatic heterocycles. The molecule has 1 saturated heterocycles. The van der Waals surface area contributed by atoms with E-state index in [0.29, 0.717) is 22.3 Å². The first kappa shape index (κ1) is 27.2. The maximum absolute atomic E-state index is 12.5. The number of nitrogens with one attached hydrogen (secondary N) is 1. The fourth-order valence-electron chi connectivity index (χ4n) is 4.78. The zero-order chi connectivity index (χ0) is 24.1. The Morgan fingerprint density at radius 2 is 1.91 bits per heavy atom. The second-order valence-electron chi connectivity index (χ2n) is 8.34. The molecule has 2 heterocycles. The molecular weight excluding hydrogens is 489 g/mol. The monoisotopic (exact) mass is 513 g/mol. The van der Waals surface area contributed by atoms with Crippen molar-refractivity contribution in [2.24, 2.45) is 17.0 Å². The fourth-order valence-corrected chi connectivity index (χ4v) is 5.14. The third-order valence-corrected chi connectivity index (χ3v) is 6.87. The summed E-state index contributed by atoms with van der Waals surface area (Å²) in [5.74, 6) is -2.43. The Hall–Kier alpha value is -1.35. The Kier molecular flexibility index (Phi) is 8.27. The summed E-state index contributed by atoms with van der Waals surface area (Å²) in [5.41, 5.74) is 0.901. The molecule has 2 aromatic carbocycles. The van der Waals surface area contributed by atoms with Crippen molar-refractivity contribution in [1.29, 1.82) is 0 Å². The van der Waals surface area contributed by atoms with Crippen LogP contribution in [0.5, 0.6) is 5.75 Å². The number of amides is 1. The number of aliphatic hydroxyl groups excluding tert-OH is 1. The van der Waals surface area contributed by atoms with Gasteiger partial charge < -0.3 is 24.6 Å². The average molecular weight is 514 g/mol. The van der Waals surface area contributed by atoms with Gasteiger partial charge in [-0.1, -0.05) is 37.3 Å². The zero-order valence-electron chi connectivity index (χ0n) is 19.0. The van der Waals surface area contributed by atoms with Crippen LogP contribution in [0.1, 0.15) is 19.4 Å². The maximum atomic E-state index is 12.5. The van der Waals surface area contributed by atoms with Crippen molar-refractivity contribution in [2.75, 3.05) is 6.61 Å². The van der Waals surface area contributed by atoms with Crippen molar-refractivity contribution in [1.82, 2.24) is 9.62 Å². The van der Waals surface area contributed by atoms with E-state index in [2.05, 4.69) is 4.72 Å². The molecule has 2 aliphatic rings. The third-order valence-electron chi connectivity index (χ3n) is 6.33. The van der Waals surface area contributed by atoms with E-state index in [1.54, 1.807) is 37.3 Å². The number of nitrogens with zero attached hydrogens (tertiary/aromatic N) is 1. The minimum absolute atomic E-state index is 0. The second-order valence-corrected chi connectivity index (χ2v) is 9.72. The summed E-state index contributed by atoms with van der Waals surface area (Å²) in [5, 5.41) is 28.3. The number of aliphatic hydroxyl groups is 1. The van der Waals surface area contributed by atoms with Crippen LogP contribution < -0.4 is 71.1 Å². The second kappa shape index (κ2) is 10.3. The Morgan fingerprint density at radius 3 is 2.53 bits per heavy atom. The summed E-state index contributed by atoms with van der Waals surface area (Å²) in [6.07, 6.45) is -0.896. The number of carbonyl (C=O) groups is 2. The molecule has 0 spiro atoms. The third kappa shape index (κ3) is 4.97. The molecule has 12 heteroatoms. The number of rotatable bonds is 8. The van der Waals surface area contributed by atoms with E-state index in [1.165, 1.54) is 11.8 Å². The predicted molar refractivity (Wildman–Crippen MR) is 116 cm³/mol. The van der Waals surface area contributed by atoms with Gasteiger partial charge in [-0.15, -0.1) is 0 Å². The summed E-state index contributed by atoms with van der Waals surface area (Å²) < 4.78 is 30.8. The predicted octanol–water partition coefficient (Wildman–Crippen LogP) is -3.62. The van der Waals surface area contributed by atoms with Crippen LogP contribution in [0.2, 0.25) is 0 Å². The van der Waals surface area contributed by atoms with Gasteiger partial charge in [-0.05, 0) is 29.5 Å². The fraction of sp³-hybridized carbons (Fsp3) is 0.364. The molecule has 0 radical (unpaired) electrons. The van der Waals surface area contributed by atoms with Crippen LogP contribution in [-0.2, 0) is 26.3 Å². The number of benzene rings is 2. The van der Waals surface area contributed by atoms with Gasteiger partial charge in [0.15, 0.2) is 0 Å². The van der Waals surface area contributed by atoms with Crippen LogP contribution in [0, 0.1) is 11.8 Å². The SMILES string of the molecule is C[C@@H](O)[C@H]1C(=O)N2C(C(=O)[O-])=C(COc3cccc4c(CNS(N)(=O)=O)cccc34)[C@H](C)[C@H]12.[K+]. The number of ether oxygens (including phenoxy) is 1. The minimum Gasteiger partial charge on any atom is -0.543 e. The number of fused-ring (bicyclic) bond motifs is 2. The smallest absolute Gasteiger partial charge is 0.543 e. The number of carbonyl (C=O) groups excluding carboxylic acids is 2. The van der Waals surface area contributed by atoms with Crippen molar-refractivity contribution < 1.29 is 84.3 Å². The summed E-state index contributed by atoms with van der Waals surface area (Å²) in [6.45, 7) is 3.22. The Bertz CT molecular complexity index is 1280. The van der Waals surface area contributed by atoms with Crippen molar-refractivity contribution >= 4 is 32.9 Å². The first-order chi connectivity index (χ1) is 15.5. The molecule has 2 aromatic rings. The van der Waals surface area contributed by atoms with Crippen LogP contribution in [-0.4, -0.2) is 49.1 Å². The zero-order valence-corrected chi connectivity index (χ0v) is 23.0. The normalized spacial score (nSPS) is 22.8. The minimum atomic E-state index is -3.86. The van der Waals surface area contributed by atoms with Gasteiger partial charge in [-0.3, -0.25) is 4.79 Å². The molecule has 0 saturated carbocycles. The molecule has 4 atom stereocenters. The van der Waals surface area contributed by atoms with E-state index in [9.17, 15) is 28.2 Å². The van der Waals surface area contributed by atoms with Gasteiger partial charge in [0.05, 0.1) is 29.7 Å². The first-order valence-corrected chi connectivity index (χ1v) is 11.9. The molecule has 0 bridgehead atoms. The number of nitrogens with two attached hydrogens (primary N) is 1. The molecule has 1 amide bonds. The molecule has 0 aliphatic carbocycles. The molecule has 0 aromatic heterocycles. The van der Waals surface area contributed by atoms with Gasteiger partial charge in [0.1, 0.15) is 12.4 Å². The number of hydrogen-bond donors (Lipinski definition) is 3. The number of carboxylic acids is 1. The largest absolute Gasteiger partial charge is 1.00 e. The quantitative estimate of drug-likeness (QED) is 0.242. The van der Waals surface area contributed by atoms with E-state index in [1.807, 2.05) is 6.07 Å². The van der Waals surface area contributed by atoms with Crippen LogP contribution in [0.4, 0.5) is 0 Å². The first-order valence-electron chi connectivity index (χ1n) is 10.4. The Morgan fingerprint density at radius 1 is 1.26 bits per heavy atom. The average Bonchev–Trinajstić information content (AvgIpc) is 2.98. The maximum Gasteiger partial charge on any atom is 1.00 e. The molecule has 176 valence electrons. The van der Waals surface area contributed by atoms with Crippen LogP contribution in [0.3, 0.4) is 0 Å². The molecule has 0 unspecified atom stereocenters. The van der Waals surface area contributed by atoms with Gasteiger partial charge in [-0.25, -0.2) is 5.14 Å². The molecule has 34 heavy (non-hydrogen) atoms. The Labute approximate surface area is 239 Å². The standard InChI is InChI=1S/C22H25N3O7S.K/c1-11-16(20(22(28)29)25-19(11)18(12(2)26)21(25)27)10-32-17-8-4-6-14-13(5-3-7-15(14)17)9-24-33(23,30)31;/h3-8,11-12,18-19,24,26H,9-10H2,1-2H3,(H,28,29)(H2,23,30,31);/q;+1/p-1/t11-,12+,18+,19+;/m0./s1. The van der Waals surface area contributed by atoms with Crippen LogP contribution >= 0.6 is 0 Å². The van der Waals surface area contributed by atoms with Gasteiger partial charge in [0, 0.05) is 17.8 Å². The number of carboxylic acid groups (broad SMARTS) is 1. The molecular formula is C22H24KN3O7S.